The summed E-state index contributed by atoms with van der Waals surface area (Å²) in [6.07, 6.45) is 0. The minimum Gasteiger partial charge on any atom is -0.345 e. The summed E-state index contributed by atoms with van der Waals surface area (Å²) in [6.45, 7) is 4.73. The van der Waals surface area contributed by atoms with Crippen molar-refractivity contribution >= 4 is 23.3 Å². The van der Waals surface area contributed by atoms with E-state index in [1.807, 2.05) is 25.1 Å². The molecule has 5 heteroatoms. The number of hydrogen-bond donors (Lipinski definition) is 2. The summed E-state index contributed by atoms with van der Waals surface area (Å²) in [6, 6.07) is 13.7. The highest BCUT2D eigenvalue weighted by atomic mass is 16.2. The summed E-state index contributed by atoms with van der Waals surface area (Å²) >= 11 is 0. The van der Waals surface area contributed by atoms with Crippen molar-refractivity contribution in [2.75, 3.05) is 5.32 Å². The molecule has 0 saturated heterocycles. The smallest absolute Gasteiger partial charge is 0.252 e. The van der Waals surface area contributed by atoms with E-state index >= 15 is 0 Å². The quantitative estimate of drug-likeness (QED) is 0.828. The predicted octanol–water partition coefficient (Wildman–Crippen LogP) is 3.34. The van der Waals surface area contributed by atoms with Gasteiger partial charge in [-0.15, -0.1) is 0 Å². The minimum absolute atomic E-state index is 0.152. The van der Waals surface area contributed by atoms with Crippen LogP contribution >= 0.6 is 0 Å². The van der Waals surface area contributed by atoms with Crippen molar-refractivity contribution in [2.45, 2.75) is 26.8 Å². The molecule has 2 N–H and O–H groups in total. The number of carbonyl (C=O) groups excluding carboxylic acids is 3. The van der Waals surface area contributed by atoms with E-state index in [1.54, 1.807) is 30.3 Å². The molecule has 0 aliphatic carbocycles. The standard InChI is InChI=1S/C19H20N2O3/c1-12(15-7-6-8-16(11-15)21-14(3)23)20-19(24)18-10-5-4-9-17(18)13(2)22/h4-12H,1-3H3,(H,20,24)(H,21,23). The van der Waals surface area contributed by atoms with Crippen LogP contribution in [0.3, 0.4) is 0 Å². The van der Waals surface area contributed by atoms with Gasteiger partial charge in [-0.1, -0.05) is 30.3 Å². The molecule has 0 aliphatic rings. The number of ketones is 1. The van der Waals surface area contributed by atoms with Crippen LogP contribution in [0.4, 0.5) is 5.69 Å². The lowest BCUT2D eigenvalue weighted by atomic mass is 10.0. The molecule has 0 saturated carbocycles. The summed E-state index contributed by atoms with van der Waals surface area (Å²) < 4.78 is 0. The van der Waals surface area contributed by atoms with E-state index in [2.05, 4.69) is 10.6 Å². The van der Waals surface area contributed by atoms with Gasteiger partial charge in [-0.25, -0.2) is 0 Å². The number of carbonyl (C=O) groups is 3. The first kappa shape index (κ1) is 17.4. The summed E-state index contributed by atoms with van der Waals surface area (Å²) in [5.74, 6) is -0.612. The summed E-state index contributed by atoms with van der Waals surface area (Å²) in [7, 11) is 0. The molecule has 124 valence electrons. The minimum atomic E-state index is -0.307. The van der Waals surface area contributed by atoms with Gasteiger partial charge in [0, 0.05) is 18.2 Å². The van der Waals surface area contributed by atoms with Crippen LogP contribution in [-0.2, 0) is 4.79 Å². The topological polar surface area (TPSA) is 75.3 Å². The third-order valence-electron chi connectivity index (χ3n) is 3.61. The summed E-state index contributed by atoms with van der Waals surface area (Å²) in [5.41, 5.74) is 2.28. The van der Waals surface area contributed by atoms with Gasteiger partial charge in [0.05, 0.1) is 11.6 Å². The van der Waals surface area contributed by atoms with E-state index in [9.17, 15) is 14.4 Å². The van der Waals surface area contributed by atoms with Crippen molar-refractivity contribution in [1.29, 1.82) is 0 Å². The molecule has 0 bridgehead atoms. The normalized spacial score (nSPS) is 11.5. The van der Waals surface area contributed by atoms with Crippen LogP contribution in [0.25, 0.3) is 0 Å². The largest absolute Gasteiger partial charge is 0.345 e. The van der Waals surface area contributed by atoms with Crippen LogP contribution in [0.5, 0.6) is 0 Å². The number of rotatable bonds is 5. The second-order valence-corrected chi connectivity index (χ2v) is 5.60. The van der Waals surface area contributed by atoms with Crippen LogP contribution in [0.2, 0.25) is 0 Å². The molecule has 5 nitrogen and oxygen atoms in total. The third kappa shape index (κ3) is 4.29. The molecule has 0 radical (unpaired) electrons. The van der Waals surface area contributed by atoms with Gasteiger partial charge in [0.15, 0.2) is 5.78 Å². The van der Waals surface area contributed by atoms with Crippen LogP contribution in [0.15, 0.2) is 48.5 Å². The Morgan fingerprint density at radius 1 is 0.917 bits per heavy atom. The maximum atomic E-state index is 12.5. The van der Waals surface area contributed by atoms with E-state index in [0.29, 0.717) is 16.8 Å². The summed E-state index contributed by atoms with van der Waals surface area (Å²) in [5, 5.41) is 5.60. The number of Topliss-reactive ketones (excluding diaryl/α,β-unsaturated/α-hetero) is 1. The van der Waals surface area contributed by atoms with Gasteiger partial charge in [0.1, 0.15) is 0 Å². The molecule has 2 aromatic rings. The molecule has 1 atom stereocenters. The average molecular weight is 324 g/mol. The molecule has 0 spiro atoms. The first-order chi connectivity index (χ1) is 11.4. The lowest BCUT2D eigenvalue weighted by Crippen LogP contribution is -2.28. The maximum absolute atomic E-state index is 12.5. The van der Waals surface area contributed by atoms with Crippen molar-refractivity contribution < 1.29 is 14.4 Å². The van der Waals surface area contributed by atoms with Crippen molar-refractivity contribution in [2.24, 2.45) is 0 Å². The van der Waals surface area contributed by atoms with Gasteiger partial charge in [-0.05, 0) is 37.6 Å². The molecule has 0 aromatic heterocycles. The first-order valence-electron chi connectivity index (χ1n) is 7.67. The van der Waals surface area contributed by atoms with Gasteiger partial charge in [-0.2, -0.15) is 0 Å². The maximum Gasteiger partial charge on any atom is 0.252 e. The van der Waals surface area contributed by atoms with Gasteiger partial charge in [0.25, 0.3) is 5.91 Å². The fraction of sp³-hybridized carbons (Fsp3) is 0.211. The molecular weight excluding hydrogens is 304 g/mol. The number of nitrogens with one attached hydrogen (secondary N) is 2. The number of benzene rings is 2. The Morgan fingerprint density at radius 3 is 2.21 bits per heavy atom. The van der Waals surface area contributed by atoms with Gasteiger partial charge < -0.3 is 10.6 Å². The second-order valence-electron chi connectivity index (χ2n) is 5.60. The highest BCUT2D eigenvalue weighted by Gasteiger charge is 2.16. The molecular formula is C19H20N2O3. The van der Waals surface area contributed by atoms with Gasteiger partial charge in [0.2, 0.25) is 5.91 Å². The van der Waals surface area contributed by atoms with E-state index in [1.165, 1.54) is 13.8 Å². The zero-order valence-corrected chi connectivity index (χ0v) is 13.9. The monoisotopic (exact) mass is 324 g/mol. The van der Waals surface area contributed by atoms with Gasteiger partial charge in [-0.3, -0.25) is 14.4 Å². The SMILES string of the molecule is CC(=O)Nc1cccc(C(C)NC(=O)c2ccccc2C(C)=O)c1. The zero-order valence-electron chi connectivity index (χ0n) is 13.9. The van der Waals surface area contributed by atoms with Crippen LogP contribution in [-0.4, -0.2) is 17.6 Å². The number of anilines is 1. The van der Waals surface area contributed by atoms with Crippen molar-refractivity contribution in [3.05, 3.63) is 65.2 Å². The lowest BCUT2D eigenvalue weighted by Gasteiger charge is -2.16. The highest BCUT2D eigenvalue weighted by Crippen LogP contribution is 2.19. The third-order valence-corrected chi connectivity index (χ3v) is 3.61. The molecule has 2 amide bonds. The first-order valence-corrected chi connectivity index (χ1v) is 7.67. The van der Waals surface area contributed by atoms with Gasteiger partial charge >= 0.3 is 0 Å². The molecule has 24 heavy (non-hydrogen) atoms. The Balaban J connectivity index is 2.18. The molecule has 0 aliphatic heterocycles. The predicted molar refractivity (Wildman–Crippen MR) is 93.1 cm³/mol. The Kier molecular flexibility index (Phi) is 5.47. The fourth-order valence-corrected chi connectivity index (χ4v) is 2.43. The average Bonchev–Trinajstić information content (AvgIpc) is 2.54. The molecule has 0 fully saturated rings. The second kappa shape index (κ2) is 7.55. The Bertz CT molecular complexity index is 784. The van der Waals surface area contributed by atoms with E-state index in [4.69, 9.17) is 0 Å². The Morgan fingerprint density at radius 2 is 1.58 bits per heavy atom. The molecule has 0 heterocycles. The molecule has 1 unspecified atom stereocenters. The van der Waals surface area contributed by atoms with Crippen molar-refractivity contribution in [3.63, 3.8) is 0 Å². The van der Waals surface area contributed by atoms with Crippen molar-refractivity contribution in [3.8, 4) is 0 Å². The van der Waals surface area contributed by atoms with Crippen LogP contribution in [0.1, 0.15) is 53.1 Å². The highest BCUT2D eigenvalue weighted by molar-refractivity contribution is 6.07. The Hall–Kier alpha value is -2.95. The van der Waals surface area contributed by atoms with E-state index < -0.39 is 0 Å². The zero-order chi connectivity index (χ0) is 17.7. The number of hydrogen-bond acceptors (Lipinski definition) is 3. The molecule has 2 aromatic carbocycles. The van der Waals surface area contributed by atoms with E-state index in [0.717, 1.165) is 5.56 Å². The summed E-state index contributed by atoms with van der Waals surface area (Å²) in [4.78, 5) is 35.3. The number of amides is 2. The van der Waals surface area contributed by atoms with E-state index in [-0.39, 0.29) is 23.6 Å². The van der Waals surface area contributed by atoms with Crippen molar-refractivity contribution in [1.82, 2.24) is 5.32 Å². The fourth-order valence-electron chi connectivity index (χ4n) is 2.43. The Labute approximate surface area is 141 Å². The van der Waals surface area contributed by atoms with Crippen LogP contribution < -0.4 is 10.6 Å². The van der Waals surface area contributed by atoms with Crippen LogP contribution in [0, 0.1) is 0 Å². The lowest BCUT2D eigenvalue weighted by molar-refractivity contribution is -0.114. The molecule has 2 rings (SSSR count).